The van der Waals surface area contributed by atoms with Gasteiger partial charge < -0.3 is 15.4 Å². The maximum Gasteiger partial charge on any atom is 0.251 e. The first-order valence-corrected chi connectivity index (χ1v) is 8.78. The van der Waals surface area contributed by atoms with Gasteiger partial charge in [-0.05, 0) is 42.7 Å². The molecule has 0 spiro atoms. The molecular formula is C20H27N3O2. The molecule has 5 nitrogen and oxygen atoms in total. The molecule has 0 saturated carbocycles. The third-order valence-electron chi connectivity index (χ3n) is 4.04. The summed E-state index contributed by atoms with van der Waals surface area (Å²) in [5.41, 5.74) is 2.76. The van der Waals surface area contributed by atoms with Gasteiger partial charge in [0.2, 0.25) is 0 Å². The van der Waals surface area contributed by atoms with Crippen LogP contribution in [0.3, 0.4) is 0 Å². The zero-order valence-electron chi connectivity index (χ0n) is 15.2. The normalized spacial score (nSPS) is 11.8. The lowest BCUT2D eigenvalue weighted by molar-refractivity contribution is 0.0953. The van der Waals surface area contributed by atoms with Gasteiger partial charge in [-0.2, -0.15) is 0 Å². The summed E-state index contributed by atoms with van der Waals surface area (Å²) < 4.78 is 5.15. The molecule has 0 fully saturated rings. The number of amides is 1. The summed E-state index contributed by atoms with van der Waals surface area (Å²) in [7, 11) is 1.63. The Morgan fingerprint density at radius 3 is 2.72 bits per heavy atom. The van der Waals surface area contributed by atoms with Gasteiger partial charge in [0, 0.05) is 24.7 Å². The second-order valence-corrected chi connectivity index (χ2v) is 5.92. The van der Waals surface area contributed by atoms with Crippen molar-refractivity contribution in [3.8, 4) is 5.75 Å². The van der Waals surface area contributed by atoms with Gasteiger partial charge in [-0.25, -0.2) is 0 Å². The average Bonchev–Trinajstić information content (AvgIpc) is 2.67. The lowest BCUT2D eigenvalue weighted by Crippen LogP contribution is -2.24. The second kappa shape index (κ2) is 9.79. The van der Waals surface area contributed by atoms with Crippen LogP contribution in [0.2, 0.25) is 0 Å². The van der Waals surface area contributed by atoms with Gasteiger partial charge in [-0.15, -0.1) is 0 Å². The molecule has 134 valence electrons. The highest BCUT2D eigenvalue weighted by atomic mass is 16.5. The third-order valence-corrected chi connectivity index (χ3v) is 4.04. The van der Waals surface area contributed by atoms with Crippen molar-refractivity contribution < 1.29 is 9.53 Å². The predicted octanol–water partition coefficient (Wildman–Crippen LogP) is 3.47. The summed E-state index contributed by atoms with van der Waals surface area (Å²) in [6, 6.07) is 11.8. The van der Waals surface area contributed by atoms with Crippen LogP contribution in [0.1, 0.15) is 54.3 Å². The van der Waals surface area contributed by atoms with E-state index >= 15 is 0 Å². The van der Waals surface area contributed by atoms with Gasteiger partial charge in [0.1, 0.15) is 5.75 Å². The van der Waals surface area contributed by atoms with Crippen LogP contribution < -0.4 is 15.4 Å². The molecule has 0 bridgehead atoms. The Labute approximate surface area is 149 Å². The average molecular weight is 341 g/mol. The van der Waals surface area contributed by atoms with Crippen LogP contribution in [0.4, 0.5) is 0 Å². The van der Waals surface area contributed by atoms with E-state index in [0.29, 0.717) is 18.7 Å². The quantitative estimate of drug-likeness (QED) is 0.733. The second-order valence-electron chi connectivity index (χ2n) is 5.92. The van der Waals surface area contributed by atoms with Crippen LogP contribution in [0.15, 0.2) is 42.6 Å². The van der Waals surface area contributed by atoms with Gasteiger partial charge in [0.05, 0.1) is 19.0 Å². The zero-order valence-corrected chi connectivity index (χ0v) is 15.2. The molecule has 25 heavy (non-hydrogen) atoms. The Morgan fingerprint density at radius 1 is 1.24 bits per heavy atom. The monoisotopic (exact) mass is 341 g/mol. The number of hydrogen-bond donors (Lipinski definition) is 2. The Hall–Kier alpha value is -2.40. The molecule has 1 unspecified atom stereocenters. The van der Waals surface area contributed by atoms with Crippen molar-refractivity contribution in [1.29, 1.82) is 0 Å². The summed E-state index contributed by atoms with van der Waals surface area (Å²) in [6.07, 6.45) is 3.59. The number of nitrogens with one attached hydrogen (secondary N) is 2. The van der Waals surface area contributed by atoms with Gasteiger partial charge in [0.15, 0.2) is 0 Å². The van der Waals surface area contributed by atoms with Gasteiger partial charge in [-0.1, -0.05) is 26.0 Å². The molecule has 1 amide bonds. The van der Waals surface area contributed by atoms with Crippen LogP contribution in [0.5, 0.6) is 5.75 Å². The highest BCUT2D eigenvalue weighted by Gasteiger charge is 2.11. The van der Waals surface area contributed by atoms with E-state index in [-0.39, 0.29) is 11.9 Å². The molecule has 0 saturated heterocycles. The van der Waals surface area contributed by atoms with Crippen LogP contribution in [0.25, 0.3) is 0 Å². The molecule has 5 heteroatoms. The van der Waals surface area contributed by atoms with Gasteiger partial charge in [-0.3, -0.25) is 9.78 Å². The fraction of sp³-hybridized carbons (Fsp3) is 0.400. The Bertz CT molecular complexity index is 671. The summed E-state index contributed by atoms with van der Waals surface area (Å²) >= 11 is 0. The minimum absolute atomic E-state index is 0.0208. The maximum atomic E-state index is 12.1. The number of benzene rings is 1. The van der Waals surface area contributed by atoms with E-state index in [0.717, 1.165) is 29.8 Å². The molecule has 2 rings (SSSR count). The van der Waals surface area contributed by atoms with E-state index in [2.05, 4.69) is 22.5 Å². The van der Waals surface area contributed by atoms with E-state index in [1.54, 1.807) is 13.3 Å². The van der Waals surface area contributed by atoms with Crippen molar-refractivity contribution >= 4 is 5.91 Å². The van der Waals surface area contributed by atoms with Crippen LogP contribution in [0, 0.1) is 0 Å². The highest BCUT2D eigenvalue weighted by Crippen LogP contribution is 2.18. The fourth-order valence-corrected chi connectivity index (χ4v) is 2.58. The van der Waals surface area contributed by atoms with Gasteiger partial charge >= 0.3 is 0 Å². The number of pyridine rings is 1. The molecule has 2 N–H and O–H groups in total. The zero-order chi connectivity index (χ0) is 18.1. The first kappa shape index (κ1) is 18.9. The lowest BCUT2D eigenvalue weighted by Gasteiger charge is -2.17. The molecule has 0 aliphatic heterocycles. The summed E-state index contributed by atoms with van der Waals surface area (Å²) in [5, 5.41) is 6.42. The summed E-state index contributed by atoms with van der Waals surface area (Å²) in [6.45, 7) is 5.54. The number of rotatable bonds is 9. The van der Waals surface area contributed by atoms with Crippen molar-refractivity contribution in [3.63, 3.8) is 0 Å². The summed E-state index contributed by atoms with van der Waals surface area (Å²) in [5.74, 6) is 0.733. The van der Waals surface area contributed by atoms with E-state index in [9.17, 15) is 4.79 Å². The number of ether oxygens (including phenoxy) is 1. The van der Waals surface area contributed by atoms with Crippen molar-refractivity contribution in [2.24, 2.45) is 0 Å². The van der Waals surface area contributed by atoms with E-state index in [1.807, 2.05) is 43.3 Å². The minimum atomic E-state index is -0.0208. The topological polar surface area (TPSA) is 63.2 Å². The lowest BCUT2D eigenvalue weighted by atomic mass is 10.1. The largest absolute Gasteiger partial charge is 0.495 e. The number of hydrogen-bond acceptors (Lipinski definition) is 4. The van der Waals surface area contributed by atoms with Crippen molar-refractivity contribution in [3.05, 3.63) is 59.4 Å². The van der Waals surface area contributed by atoms with Crippen molar-refractivity contribution in [2.75, 3.05) is 13.7 Å². The first-order valence-electron chi connectivity index (χ1n) is 8.78. The molecule has 2 aromatic rings. The summed E-state index contributed by atoms with van der Waals surface area (Å²) in [4.78, 5) is 16.5. The molecule has 0 aliphatic rings. The standard InChI is InChI=1S/C20H27N3O2/c1-4-11-21-20(24)16-8-6-7-15(12-16)13-22-18(5-2)19-10-9-17(25-3)14-23-19/h6-10,12,14,18,22H,4-5,11,13H2,1-3H3,(H,21,24). The fourth-order valence-electron chi connectivity index (χ4n) is 2.58. The van der Waals surface area contributed by atoms with Crippen molar-refractivity contribution in [1.82, 2.24) is 15.6 Å². The SMILES string of the molecule is CCCNC(=O)c1cccc(CNC(CC)c2ccc(OC)cn2)c1. The number of methoxy groups -OCH3 is 1. The number of aromatic nitrogens is 1. The molecular weight excluding hydrogens is 314 g/mol. The molecule has 1 aromatic carbocycles. The Kier molecular flexibility index (Phi) is 7.41. The van der Waals surface area contributed by atoms with Crippen LogP contribution >= 0.6 is 0 Å². The molecule has 0 aliphatic carbocycles. The minimum Gasteiger partial charge on any atom is -0.495 e. The molecule has 0 radical (unpaired) electrons. The van der Waals surface area contributed by atoms with E-state index in [1.165, 1.54) is 0 Å². The molecule has 1 heterocycles. The predicted molar refractivity (Wildman–Crippen MR) is 99.7 cm³/mol. The third kappa shape index (κ3) is 5.57. The smallest absolute Gasteiger partial charge is 0.251 e. The highest BCUT2D eigenvalue weighted by molar-refractivity contribution is 5.94. The Balaban J connectivity index is 1.99. The van der Waals surface area contributed by atoms with Crippen molar-refractivity contribution in [2.45, 2.75) is 39.3 Å². The van der Waals surface area contributed by atoms with Gasteiger partial charge in [0.25, 0.3) is 5.91 Å². The Morgan fingerprint density at radius 2 is 2.08 bits per heavy atom. The molecule has 1 atom stereocenters. The van der Waals surface area contributed by atoms with E-state index in [4.69, 9.17) is 4.74 Å². The number of nitrogens with zero attached hydrogens (tertiary/aromatic N) is 1. The maximum absolute atomic E-state index is 12.1. The first-order chi connectivity index (χ1) is 12.2. The van der Waals surface area contributed by atoms with Crippen LogP contribution in [-0.4, -0.2) is 24.5 Å². The molecule has 1 aromatic heterocycles. The van der Waals surface area contributed by atoms with E-state index < -0.39 is 0 Å². The van der Waals surface area contributed by atoms with Crippen LogP contribution in [-0.2, 0) is 6.54 Å². The number of carbonyl (C=O) groups is 1. The number of carbonyl (C=O) groups excluding carboxylic acids is 1.